The van der Waals surface area contributed by atoms with Gasteiger partial charge in [-0.25, -0.2) is 31.1 Å². The van der Waals surface area contributed by atoms with E-state index < -0.39 is 78.0 Å². The van der Waals surface area contributed by atoms with Gasteiger partial charge in [-0.05, 0) is 57.4 Å². The summed E-state index contributed by atoms with van der Waals surface area (Å²) in [7, 11) is -8.96. The summed E-state index contributed by atoms with van der Waals surface area (Å²) in [6.07, 6.45) is 2.69. The molecule has 1 aliphatic heterocycles. The Hall–Kier alpha value is -0.0473. The van der Waals surface area contributed by atoms with Gasteiger partial charge in [-0.15, -0.1) is 0 Å². The third kappa shape index (κ3) is 9.06. The standard InChI is InChI=1S/C23H30N4O12S2.2K/c28-20-16(18(22(30)31)24-26(20)12-4-8-14(9-5-12)40(34,35)36)2-1-3-17-19(23(32)33)25-27(21(17)29)13-6-10-15(11-7-13)41(37,38)39;;/h1-3,12-15,20,25,28H,4-11H2,(H,30,31)(H,32,33)(H,34,35,36)(H,37,38,39);;/q;2*+1/p-2/b3-1?,16-2-;;. The Morgan fingerprint density at radius 1 is 0.860 bits per heavy atom. The van der Waals surface area contributed by atoms with E-state index in [4.69, 9.17) is 0 Å². The number of rotatable bonds is 8. The third-order valence-corrected chi connectivity index (χ3v) is 10.3. The molecular formula is C23H28K2N4O12S2. The monoisotopic (exact) mass is 694 g/mol. The molecule has 16 nitrogen and oxygen atoms in total. The zero-order valence-electron chi connectivity index (χ0n) is 23.4. The summed E-state index contributed by atoms with van der Waals surface area (Å²) in [4.78, 5) is 36.7. The van der Waals surface area contributed by atoms with Crippen LogP contribution >= 0.6 is 0 Å². The van der Waals surface area contributed by atoms with Crippen molar-refractivity contribution in [1.82, 2.24) is 14.8 Å². The van der Waals surface area contributed by atoms with Gasteiger partial charge in [0.25, 0.3) is 5.56 Å². The van der Waals surface area contributed by atoms with Crippen molar-refractivity contribution in [3.05, 3.63) is 39.3 Å². The maximum atomic E-state index is 13.1. The molecule has 0 bridgehead atoms. The van der Waals surface area contributed by atoms with E-state index in [2.05, 4.69) is 10.2 Å². The summed E-state index contributed by atoms with van der Waals surface area (Å²) in [6, 6.07) is -1.10. The minimum absolute atomic E-state index is 0. The number of hydrazone groups is 1. The first-order valence-electron chi connectivity index (χ1n) is 12.7. The van der Waals surface area contributed by atoms with E-state index in [-0.39, 0.29) is 165 Å². The van der Waals surface area contributed by atoms with Crippen LogP contribution in [0.15, 0.2) is 27.6 Å². The average molecular weight is 695 g/mol. The van der Waals surface area contributed by atoms with Crippen LogP contribution < -0.4 is 108 Å². The first-order valence-corrected chi connectivity index (χ1v) is 15.7. The van der Waals surface area contributed by atoms with Crippen molar-refractivity contribution < 1.29 is 154 Å². The van der Waals surface area contributed by atoms with Crippen molar-refractivity contribution in [1.29, 1.82) is 0 Å². The van der Waals surface area contributed by atoms with E-state index in [1.54, 1.807) is 0 Å². The molecule has 2 saturated carbocycles. The summed E-state index contributed by atoms with van der Waals surface area (Å²) in [5.74, 6) is -2.92. The molecule has 4 N–H and O–H groups in total. The number of carboxylic acid groups (broad SMARTS) is 2. The van der Waals surface area contributed by atoms with Crippen LogP contribution in [0.1, 0.15) is 73.5 Å². The minimum atomic E-state index is -4.48. The van der Waals surface area contributed by atoms with Gasteiger partial charge < -0.3 is 24.4 Å². The molecule has 2 aliphatic carbocycles. The second-order valence-corrected chi connectivity index (χ2v) is 13.5. The van der Waals surface area contributed by atoms with Crippen LogP contribution in [0.2, 0.25) is 0 Å². The molecule has 1 aromatic heterocycles. The Morgan fingerprint density at radius 2 is 1.35 bits per heavy atom. The Kier molecular flexibility index (Phi) is 14.3. The number of aromatic amines is 1. The third-order valence-electron chi connectivity index (χ3n) is 7.77. The topological polar surface area (TPSA) is 263 Å². The number of hydrogen-bond donors (Lipinski definition) is 4. The van der Waals surface area contributed by atoms with Crippen LogP contribution in [0, 0.1) is 0 Å². The molecule has 0 saturated heterocycles. The number of hydrogen-bond acceptors (Lipinski definition) is 12. The number of aromatic nitrogens is 2. The number of aliphatic hydroxyl groups is 1. The minimum Gasteiger partial charge on any atom is -0.748 e. The molecule has 226 valence electrons. The van der Waals surface area contributed by atoms with Crippen molar-refractivity contribution in [3.63, 3.8) is 0 Å². The number of carbonyl (C=O) groups is 2. The number of aliphatic hydroxyl groups excluding tert-OH is 1. The maximum Gasteiger partial charge on any atom is 1.00 e. The van der Waals surface area contributed by atoms with Crippen LogP contribution in [0.5, 0.6) is 0 Å². The maximum absolute atomic E-state index is 13.1. The molecule has 0 radical (unpaired) electrons. The van der Waals surface area contributed by atoms with Gasteiger partial charge in [0.1, 0.15) is 0 Å². The molecule has 20 heteroatoms. The largest absolute Gasteiger partial charge is 1.00 e. The normalized spacial score (nSPS) is 27.4. The number of H-pyrrole nitrogens is 1. The van der Waals surface area contributed by atoms with Crippen LogP contribution in [0.3, 0.4) is 0 Å². The molecule has 2 heterocycles. The first-order chi connectivity index (χ1) is 19.1. The summed E-state index contributed by atoms with van der Waals surface area (Å²) in [5, 5.41) is 35.5. The molecule has 1 aromatic rings. The van der Waals surface area contributed by atoms with Crippen molar-refractivity contribution in [2.24, 2.45) is 5.10 Å². The predicted octanol–water partition coefficient (Wildman–Crippen LogP) is -6.22. The molecule has 0 aromatic carbocycles. The van der Waals surface area contributed by atoms with Gasteiger partial charge in [-0.3, -0.25) is 14.9 Å². The van der Waals surface area contributed by atoms with Gasteiger partial charge in [0.05, 0.1) is 37.9 Å². The van der Waals surface area contributed by atoms with Crippen molar-refractivity contribution >= 4 is 44.0 Å². The van der Waals surface area contributed by atoms with Crippen LogP contribution in [-0.4, -0.2) is 96.5 Å². The van der Waals surface area contributed by atoms with Gasteiger partial charge in [0, 0.05) is 16.1 Å². The first kappa shape index (κ1) is 39.1. The van der Waals surface area contributed by atoms with Crippen molar-refractivity contribution in [2.75, 3.05) is 0 Å². The van der Waals surface area contributed by atoms with Gasteiger partial charge in [-0.2, -0.15) is 5.10 Å². The number of nitrogens with one attached hydrogen (secondary N) is 1. The van der Waals surface area contributed by atoms with Crippen LogP contribution in [0.4, 0.5) is 0 Å². The second kappa shape index (κ2) is 15.7. The van der Waals surface area contributed by atoms with Gasteiger partial charge >= 0.3 is 115 Å². The van der Waals surface area contributed by atoms with Crippen LogP contribution in [-0.2, 0) is 25.0 Å². The molecule has 0 amide bonds. The van der Waals surface area contributed by atoms with Crippen LogP contribution in [0.25, 0.3) is 6.08 Å². The fraction of sp³-hybridized carbons (Fsp3) is 0.565. The van der Waals surface area contributed by atoms with E-state index in [1.165, 1.54) is 6.08 Å². The van der Waals surface area contributed by atoms with E-state index in [0.717, 1.165) is 21.8 Å². The second-order valence-electron chi connectivity index (χ2n) is 10.2. The number of allylic oxidation sites excluding steroid dienone is 2. The number of aromatic carboxylic acids is 1. The fourth-order valence-electron chi connectivity index (χ4n) is 5.59. The average Bonchev–Trinajstić information content (AvgIpc) is 3.40. The molecule has 43 heavy (non-hydrogen) atoms. The van der Waals surface area contributed by atoms with Gasteiger partial charge in [0.2, 0.25) is 0 Å². The van der Waals surface area contributed by atoms with Gasteiger partial charge in [-0.1, -0.05) is 12.2 Å². The predicted molar refractivity (Wildman–Crippen MR) is 139 cm³/mol. The molecular weight excluding hydrogens is 667 g/mol. The van der Waals surface area contributed by atoms with E-state index in [9.17, 15) is 55.6 Å². The number of carboxylic acids is 2. The number of aliphatic carboxylic acids is 1. The molecule has 3 aliphatic rings. The molecule has 1 unspecified atom stereocenters. The Labute approximate surface area is 332 Å². The summed E-state index contributed by atoms with van der Waals surface area (Å²) < 4.78 is 68.9. The number of nitrogens with zero attached hydrogens (tertiary/aromatic N) is 3. The van der Waals surface area contributed by atoms with E-state index in [0.29, 0.717) is 0 Å². The Bertz CT molecular complexity index is 1580. The molecule has 0 spiro atoms. The van der Waals surface area contributed by atoms with Crippen molar-refractivity contribution in [3.8, 4) is 0 Å². The molecule has 4 rings (SSSR count). The quantitative estimate of drug-likeness (QED) is 0.146. The van der Waals surface area contributed by atoms with E-state index in [1.807, 2.05) is 0 Å². The Morgan fingerprint density at radius 3 is 1.79 bits per heavy atom. The van der Waals surface area contributed by atoms with Gasteiger partial charge in [0.15, 0.2) is 17.6 Å². The molecule has 1 atom stereocenters. The zero-order chi connectivity index (χ0) is 30.3. The van der Waals surface area contributed by atoms with Crippen molar-refractivity contribution in [2.45, 2.75) is 80.2 Å². The van der Waals surface area contributed by atoms with E-state index >= 15 is 0 Å². The molecule has 2 fully saturated rings. The smallest absolute Gasteiger partial charge is 0.748 e. The SMILES string of the molecule is O=C(O)C1=NN(C2CCC(S(=O)(=O)[O-])CC2)C(O)/C1=C\C=Cc1c(C(=O)O)[nH]n(C2CCC(S(=O)(=O)[O-])CC2)c1=O.[K+].[K+]. The summed E-state index contributed by atoms with van der Waals surface area (Å²) >= 11 is 0. The summed E-state index contributed by atoms with van der Waals surface area (Å²) in [5.41, 5.74) is -2.12. The fourth-order valence-corrected chi connectivity index (χ4v) is 7.29. The zero-order valence-corrected chi connectivity index (χ0v) is 31.3. The summed E-state index contributed by atoms with van der Waals surface area (Å²) in [6.45, 7) is 0. The Balaban J connectivity index is 0.00000323.